The molecule has 0 amide bonds. The quantitative estimate of drug-likeness (QED) is 0.0580. The maximum absolute atomic E-state index is 10.8. The average molecular weight is 548 g/mol. The summed E-state index contributed by atoms with van der Waals surface area (Å²) in [5.41, 5.74) is 0. The van der Waals surface area contributed by atoms with Gasteiger partial charge in [0.2, 0.25) is 0 Å². The summed E-state index contributed by atoms with van der Waals surface area (Å²) in [6.45, 7) is 3.49. The summed E-state index contributed by atoms with van der Waals surface area (Å²) >= 11 is 0. The summed E-state index contributed by atoms with van der Waals surface area (Å²) in [6.07, 6.45) is 32.1. The third-order valence-electron chi connectivity index (χ3n) is 7.72. The Bertz CT molecular complexity index is 580. The Morgan fingerprint density at radius 1 is 0.568 bits per heavy atom. The molecule has 0 aliphatic carbocycles. The first-order valence-corrected chi connectivity index (χ1v) is 17.7. The summed E-state index contributed by atoms with van der Waals surface area (Å²) in [4.78, 5) is 0. The number of quaternary nitrogens is 1. The van der Waals surface area contributed by atoms with Crippen molar-refractivity contribution < 1.29 is 22.6 Å². The van der Waals surface area contributed by atoms with E-state index in [9.17, 15) is 18.1 Å². The molecule has 0 saturated heterocycles. The van der Waals surface area contributed by atoms with Crippen LogP contribution in [0.4, 0.5) is 0 Å². The fourth-order valence-electron chi connectivity index (χ4n) is 5.45. The van der Waals surface area contributed by atoms with Gasteiger partial charge in [0.25, 0.3) is 0 Å². The zero-order valence-corrected chi connectivity index (χ0v) is 26.0. The number of unbranched alkanes of at least 4 members (excludes halogenated alkanes) is 23. The Balaban J connectivity index is 3.28. The fourth-order valence-corrected chi connectivity index (χ4v) is 6.03. The van der Waals surface area contributed by atoms with Crippen LogP contribution >= 0.6 is 0 Å². The monoisotopic (exact) mass is 547 g/mol. The van der Waals surface area contributed by atoms with Crippen molar-refractivity contribution in [2.45, 2.75) is 167 Å². The number of hydrogen-bond donors (Lipinski definition) is 1. The van der Waals surface area contributed by atoms with Gasteiger partial charge >= 0.3 is 0 Å². The molecule has 1 N–H and O–H groups in total. The molecule has 0 aromatic carbocycles. The first-order chi connectivity index (χ1) is 17.7. The van der Waals surface area contributed by atoms with Gasteiger partial charge < -0.3 is 14.1 Å². The van der Waals surface area contributed by atoms with Crippen LogP contribution < -0.4 is 0 Å². The summed E-state index contributed by atoms with van der Waals surface area (Å²) in [5.74, 6) is -0.686. The Morgan fingerprint density at radius 2 is 0.838 bits per heavy atom. The highest BCUT2D eigenvalue weighted by Crippen LogP contribution is 2.16. The number of aliphatic hydroxyl groups is 1. The van der Waals surface area contributed by atoms with Gasteiger partial charge in [-0.3, -0.25) is 0 Å². The van der Waals surface area contributed by atoms with Crippen molar-refractivity contribution in [1.82, 2.24) is 0 Å². The van der Waals surface area contributed by atoms with Crippen LogP contribution in [0, 0.1) is 0 Å². The summed E-state index contributed by atoms with van der Waals surface area (Å²) < 4.78 is 32.9. The van der Waals surface area contributed by atoms with E-state index in [1.807, 2.05) is 14.1 Å². The second-order valence-corrected chi connectivity index (χ2v) is 13.8. The zero-order valence-electron chi connectivity index (χ0n) is 25.2. The van der Waals surface area contributed by atoms with Crippen molar-refractivity contribution in [3.8, 4) is 0 Å². The minimum atomic E-state index is -4.36. The third kappa shape index (κ3) is 30.2. The minimum absolute atomic E-state index is 0.306. The van der Waals surface area contributed by atoms with E-state index in [0.29, 0.717) is 11.0 Å². The molecule has 1 atom stereocenters. The number of aliphatic hydroxyl groups excluding tert-OH is 1. The van der Waals surface area contributed by atoms with Crippen molar-refractivity contribution in [2.75, 3.05) is 32.9 Å². The summed E-state index contributed by atoms with van der Waals surface area (Å²) in [6, 6.07) is 0. The van der Waals surface area contributed by atoms with E-state index in [-0.39, 0.29) is 0 Å². The lowest BCUT2D eigenvalue weighted by atomic mass is 10.0. The van der Waals surface area contributed by atoms with E-state index in [1.165, 1.54) is 148 Å². The van der Waals surface area contributed by atoms with Crippen molar-refractivity contribution in [3.63, 3.8) is 0 Å². The molecular formula is C31H65NO4S. The normalized spacial score (nSPS) is 13.3. The van der Waals surface area contributed by atoms with Crippen molar-refractivity contribution in [3.05, 3.63) is 0 Å². The molecule has 0 heterocycles. The van der Waals surface area contributed by atoms with Gasteiger partial charge in [-0.1, -0.05) is 148 Å². The highest BCUT2D eigenvalue weighted by molar-refractivity contribution is 7.85. The lowest BCUT2D eigenvalue weighted by Gasteiger charge is -2.32. The summed E-state index contributed by atoms with van der Waals surface area (Å²) in [7, 11) is -0.392. The molecule has 0 radical (unpaired) electrons. The first-order valence-electron chi connectivity index (χ1n) is 16.1. The fraction of sp³-hybridized carbons (Fsp3) is 1.00. The average Bonchev–Trinajstić information content (AvgIpc) is 2.80. The van der Waals surface area contributed by atoms with Crippen LogP contribution in [0.5, 0.6) is 0 Å². The molecule has 37 heavy (non-hydrogen) atoms. The standard InChI is InChI=1S/C31H65NO4S/c1-4-5-6-7-8-9-10-11-12-13-14-15-16-17-18-19-20-21-22-23-24-25-26-27-28-32(2,3)29-31(33)30-37(34,35)36/h31,33H,4-30H2,1-3H3. The molecule has 0 fully saturated rings. The van der Waals surface area contributed by atoms with E-state index in [2.05, 4.69) is 6.92 Å². The van der Waals surface area contributed by atoms with Crippen molar-refractivity contribution >= 4 is 10.1 Å². The molecule has 1 unspecified atom stereocenters. The molecule has 0 rings (SSSR count). The van der Waals surface area contributed by atoms with Gasteiger partial charge in [0.1, 0.15) is 12.6 Å². The minimum Gasteiger partial charge on any atom is -0.748 e. The maximum atomic E-state index is 10.8. The smallest absolute Gasteiger partial charge is 0.116 e. The number of rotatable bonds is 29. The lowest BCUT2D eigenvalue weighted by Crippen LogP contribution is -2.47. The predicted molar refractivity (Wildman–Crippen MR) is 159 cm³/mol. The molecule has 0 saturated carbocycles. The molecular weight excluding hydrogens is 482 g/mol. The second-order valence-electron chi connectivity index (χ2n) is 12.4. The molecule has 0 aromatic rings. The van der Waals surface area contributed by atoms with Gasteiger partial charge in [-0.05, 0) is 12.8 Å². The second kappa shape index (κ2) is 24.8. The summed E-state index contributed by atoms with van der Waals surface area (Å²) in [5, 5.41) is 9.81. The predicted octanol–water partition coefficient (Wildman–Crippen LogP) is 8.35. The molecule has 0 bridgehead atoms. The Kier molecular flexibility index (Phi) is 24.7. The Hall–Kier alpha value is -0.170. The number of likely N-dealkylation sites (N-methyl/N-ethyl adjacent to an activating group) is 1. The first kappa shape index (κ1) is 36.8. The van der Waals surface area contributed by atoms with Gasteiger partial charge in [0.15, 0.2) is 0 Å². The van der Waals surface area contributed by atoms with Crippen LogP contribution in [0.15, 0.2) is 0 Å². The zero-order chi connectivity index (χ0) is 27.7. The van der Waals surface area contributed by atoms with E-state index in [1.54, 1.807) is 0 Å². The number of hydrogen-bond acceptors (Lipinski definition) is 4. The van der Waals surface area contributed by atoms with E-state index in [4.69, 9.17) is 0 Å². The molecule has 0 spiro atoms. The van der Waals surface area contributed by atoms with Gasteiger partial charge in [-0.25, -0.2) is 8.42 Å². The third-order valence-corrected chi connectivity index (χ3v) is 8.51. The number of nitrogens with zero attached hydrogens (tertiary/aromatic N) is 1. The van der Waals surface area contributed by atoms with Crippen LogP contribution in [0.2, 0.25) is 0 Å². The van der Waals surface area contributed by atoms with Crippen LogP contribution in [-0.2, 0) is 10.1 Å². The molecule has 0 aliphatic heterocycles. The molecule has 0 aromatic heterocycles. The van der Waals surface area contributed by atoms with Crippen LogP contribution in [0.3, 0.4) is 0 Å². The van der Waals surface area contributed by atoms with E-state index in [0.717, 1.165) is 13.0 Å². The lowest BCUT2D eigenvalue weighted by molar-refractivity contribution is -0.893. The van der Waals surface area contributed by atoms with Crippen molar-refractivity contribution in [1.29, 1.82) is 0 Å². The van der Waals surface area contributed by atoms with Gasteiger partial charge in [0.05, 0.1) is 36.5 Å². The van der Waals surface area contributed by atoms with Crippen LogP contribution in [0.1, 0.15) is 161 Å². The largest absolute Gasteiger partial charge is 0.748 e. The van der Waals surface area contributed by atoms with Gasteiger partial charge in [-0.15, -0.1) is 0 Å². The van der Waals surface area contributed by atoms with Gasteiger partial charge in [-0.2, -0.15) is 0 Å². The highest BCUT2D eigenvalue weighted by atomic mass is 32.2. The maximum Gasteiger partial charge on any atom is 0.116 e. The Labute approximate surface area is 232 Å². The highest BCUT2D eigenvalue weighted by Gasteiger charge is 2.21. The van der Waals surface area contributed by atoms with Gasteiger partial charge in [0, 0.05) is 0 Å². The van der Waals surface area contributed by atoms with E-state index >= 15 is 0 Å². The molecule has 224 valence electrons. The topological polar surface area (TPSA) is 77.4 Å². The SMILES string of the molecule is CCCCCCCCCCCCCCCCCCCCCCCCCC[N+](C)(C)CC(O)CS(=O)(=O)[O-]. The van der Waals surface area contributed by atoms with Crippen LogP contribution in [-0.4, -0.2) is 61.6 Å². The molecule has 5 nitrogen and oxygen atoms in total. The van der Waals surface area contributed by atoms with E-state index < -0.39 is 22.0 Å². The van der Waals surface area contributed by atoms with Crippen LogP contribution in [0.25, 0.3) is 0 Å². The Morgan fingerprint density at radius 3 is 1.11 bits per heavy atom. The molecule has 6 heteroatoms. The van der Waals surface area contributed by atoms with Crippen molar-refractivity contribution in [2.24, 2.45) is 0 Å². The molecule has 0 aliphatic rings.